The maximum atomic E-state index is 14.0. The number of nitrogens with zero attached hydrogens (tertiary/aromatic N) is 2. The van der Waals surface area contributed by atoms with Crippen LogP contribution in [0.15, 0.2) is 71.6 Å². The van der Waals surface area contributed by atoms with E-state index in [0.717, 1.165) is 15.4 Å². The Bertz CT molecular complexity index is 1410. The van der Waals surface area contributed by atoms with E-state index in [1.165, 1.54) is 23.1 Å². The Hall–Kier alpha value is -3.07. The van der Waals surface area contributed by atoms with Crippen molar-refractivity contribution >= 4 is 50.7 Å². The number of anilines is 1. The summed E-state index contributed by atoms with van der Waals surface area (Å²) in [6.45, 7) is 7.19. The molecule has 0 fully saturated rings. The molecule has 0 aliphatic rings. The van der Waals surface area contributed by atoms with Crippen molar-refractivity contribution in [2.75, 3.05) is 17.4 Å². The molecule has 3 rings (SSSR count). The van der Waals surface area contributed by atoms with E-state index >= 15 is 0 Å². The second-order valence-corrected chi connectivity index (χ2v) is 12.0. The number of sulfonamides is 1. The molecule has 1 N–H and O–H groups in total. The van der Waals surface area contributed by atoms with Gasteiger partial charge in [0.25, 0.3) is 10.0 Å². The molecule has 0 heterocycles. The number of hydrogen-bond donors (Lipinski definition) is 1. The average Bonchev–Trinajstić information content (AvgIpc) is 2.90. The molecule has 7 nitrogen and oxygen atoms in total. The average molecular weight is 591 g/mol. The highest BCUT2D eigenvalue weighted by molar-refractivity contribution is 7.92. The summed E-state index contributed by atoms with van der Waals surface area (Å²) in [5, 5.41) is 3.66. The lowest BCUT2D eigenvalue weighted by Gasteiger charge is -2.33. The second-order valence-electron chi connectivity index (χ2n) is 9.22. The number of halogens is 2. The first-order valence-corrected chi connectivity index (χ1v) is 14.8. The predicted octanol–water partition coefficient (Wildman–Crippen LogP) is 5.75. The molecule has 0 aromatic heterocycles. The number of benzene rings is 3. The monoisotopic (exact) mass is 589 g/mol. The number of carbonyl (C=O) groups is 2. The van der Waals surface area contributed by atoms with Crippen LogP contribution in [0.25, 0.3) is 0 Å². The molecular formula is C29H33Cl2N3O4S. The smallest absolute Gasteiger partial charge is 0.264 e. The first-order chi connectivity index (χ1) is 18.5. The van der Waals surface area contributed by atoms with Crippen LogP contribution in [0.1, 0.15) is 37.0 Å². The van der Waals surface area contributed by atoms with Crippen molar-refractivity contribution in [2.24, 2.45) is 0 Å². The minimum atomic E-state index is -4.17. The van der Waals surface area contributed by atoms with Gasteiger partial charge in [0.1, 0.15) is 12.6 Å². The third-order valence-electron chi connectivity index (χ3n) is 6.33. The molecule has 0 radical (unpaired) electrons. The summed E-state index contributed by atoms with van der Waals surface area (Å²) in [5.41, 5.74) is 2.57. The Morgan fingerprint density at radius 1 is 0.897 bits per heavy atom. The van der Waals surface area contributed by atoms with Crippen molar-refractivity contribution in [3.63, 3.8) is 0 Å². The highest BCUT2D eigenvalue weighted by atomic mass is 35.5. The third-order valence-corrected chi connectivity index (χ3v) is 8.59. The van der Waals surface area contributed by atoms with Crippen LogP contribution in [0.5, 0.6) is 0 Å². The fourth-order valence-electron chi connectivity index (χ4n) is 4.20. The minimum Gasteiger partial charge on any atom is -0.355 e. The van der Waals surface area contributed by atoms with Crippen molar-refractivity contribution < 1.29 is 18.0 Å². The number of rotatable bonds is 11. The molecule has 3 aromatic carbocycles. The van der Waals surface area contributed by atoms with Gasteiger partial charge in [-0.3, -0.25) is 13.9 Å². The summed E-state index contributed by atoms with van der Waals surface area (Å²) in [5.74, 6) is -0.840. The third kappa shape index (κ3) is 7.53. The van der Waals surface area contributed by atoms with Gasteiger partial charge < -0.3 is 10.2 Å². The zero-order valence-electron chi connectivity index (χ0n) is 22.4. The molecule has 0 unspecified atom stereocenters. The van der Waals surface area contributed by atoms with Gasteiger partial charge in [0.2, 0.25) is 11.8 Å². The number of nitrogens with one attached hydrogen (secondary N) is 1. The van der Waals surface area contributed by atoms with Crippen LogP contribution in [0.3, 0.4) is 0 Å². The van der Waals surface area contributed by atoms with Crippen LogP contribution in [0, 0.1) is 13.8 Å². The number of amides is 2. The Kier molecular flexibility index (Phi) is 10.4. The van der Waals surface area contributed by atoms with E-state index < -0.39 is 28.5 Å². The van der Waals surface area contributed by atoms with Crippen molar-refractivity contribution in [3.05, 3.63) is 93.5 Å². The summed E-state index contributed by atoms with van der Waals surface area (Å²) in [6, 6.07) is 17.5. The minimum absolute atomic E-state index is 0.0419. The van der Waals surface area contributed by atoms with Gasteiger partial charge in [-0.15, -0.1) is 0 Å². The predicted molar refractivity (Wildman–Crippen MR) is 157 cm³/mol. The summed E-state index contributed by atoms with van der Waals surface area (Å²) in [4.78, 5) is 28.5. The van der Waals surface area contributed by atoms with Gasteiger partial charge >= 0.3 is 0 Å². The Labute approximate surface area is 240 Å². The van der Waals surface area contributed by atoms with Gasteiger partial charge in [-0.05, 0) is 74.7 Å². The lowest BCUT2D eigenvalue weighted by Crippen LogP contribution is -2.52. The zero-order chi connectivity index (χ0) is 28.7. The normalized spacial score (nSPS) is 12.1. The standard InChI is InChI=1S/C29H33Cl2N3O4S/c1-5-26(29(36)32-6-2)33(18-22-10-13-23(30)14-11-22)28(35)19-34(27-17-24(31)12-9-21(27)4)39(37,38)25-15-7-20(3)8-16-25/h7-17,26H,5-6,18-19H2,1-4H3,(H,32,36)/t26-/m0/s1. The Morgan fingerprint density at radius 3 is 2.10 bits per heavy atom. The van der Waals surface area contributed by atoms with E-state index in [1.807, 2.05) is 13.8 Å². The molecule has 0 aliphatic heterocycles. The van der Waals surface area contributed by atoms with Gasteiger partial charge in [0.05, 0.1) is 10.6 Å². The van der Waals surface area contributed by atoms with Gasteiger partial charge in [0, 0.05) is 23.1 Å². The van der Waals surface area contributed by atoms with E-state index in [-0.39, 0.29) is 23.0 Å². The first kappa shape index (κ1) is 30.5. The maximum absolute atomic E-state index is 14.0. The van der Waals surface area contributed by atoms with Crippen LogP contribution in [0.4, 0.5) is 5.69 Å². The van der Waals surface area contributed by atoms with E-state index in [2.05, 4.69) is 5.32 Å². The van der Waals surface area contributed by atoms with Crippen LogP contribution in [-0.4, -0.2) is 44.3 Å². The number of carbonyl (C=O) groups excluding carboxylic acids is 2. The van der Waals surface area contributed by atoms with Crippen molar-refractivity contribution in [2.45, 2.75) is 51.6 Å². The van der Waals surface area contributed by atoms with Crippen molar-refractivity contribution in [3.8, 4) is 0 Å². The highest BCUT2D eigenvalue weighted by Gasteiger charge is 2.34. The first-order valence-electron chi connectivity index (χ1n) is 12.6. The molecule has 2 amide bonds. The molecule has 0 bridgehead atoms. The van der Waals surface area contributed by atoms with E-state index in [4.69, 9.17) is 23.2 Å². The molecule has 0 saturated carbocycles. The van der Waals surface area contributed by atoms with Gasteiger partial charge in [0.15, 0.2) is 0 Å². The lowest BCUT2D eigenvalue weighted by molar-refractivity contribution is -0.140. The summed E-state index contributed by atoms with van der Waals surface area (Å²) < 4.78 is 29.0. The molecule has 3 aromatic rings. The zero-order valence-corrected chi connectivity index (χ0v) is 24.8. The number of likely N-dealkylation sites (N-methyl/N-ethyl adjacent to an activating group) is 1. The number of hydrogen-bond acceptors (Lipinski definition) is 4. The lowest BCUT2D eigenvalue weighted by atomic mass is 10.1. The molecular weight excluding hydrogens is 557 g/mol. The SMILES string of the molecule is CCNC(=O)[C@H](CC)N(Cc1ccc(Cl)cc1)C(=O)CN(c1cc(Cl)ccc1C)S(=O)(=O)c1ccc(C)cc1. The van der Waals surface area contributed by atoms with Gasteiger partial charge in [-0.25, -0.2) is 8.42 Å². The highest BCUT2D eigenvalue weighted by Crippen LogP contribution is 2.30. The fourth-order valence-corrected chi connectivity index (χ4v) is 5.96. The van der Waals surface area contributed by atoms with Crippen LogP contribution >= 0.6 is 23.2 Å². The summed E-state index contributed by atoms with van der Waals surface area (Å²) in [6.07, 6.45) is 0.339. The Morgan fingerprint density at radius 2 is 1.51 bits per heavy atom. The number of aryl methyl sites for hydroxylation is 2. The van der Waals surface area contributed by atoms with E-state index in [1.54, 1.807) is 62.4 Å². The van der Waals surface area contributed by atoms with Crippen molar-refractivity contribution in [1.82, 2.24) is 10.2 Å². The second kappa shape index (κ2) is 13.3. The van der Waals surface area contributed by atoms with Gasteiger partial charge in [-0.1, -0.05) is 66.0 Å². The quantitative estimate of drug-likeness (QED) is 0.308. The molecule has 208 valence electrons. The largest absolute Gasteiger partial charge is 0.355 e. The molecule has 0 spiro atoms. The molecule has 0 aliphatic carbocycles. The molecule has 10 heteroatoms. The fraction of sp³-hybridized carbons (Fsp3) is 0.310. The maximum Gasteiger partial charge on any atom is 0.264 e. The van der Waals surface area contributed by atoms with Crippen LogP contribution in [-0.2, 0) is 26.2 Å². The van der Waals surface area contributed by atoms with E-state index in [9.17, 15) is 18.0 Å². The topological polar surface area (TPSA) is 86.8 Å². The summed E-state index contributed by atoms with van der Waals surface area (Å²) in [7, 11) is -4.17. The molecule has 39 heavy (non-hydrogen) atoms. The van der Waals surface area contributed by atoms with Crippen LogP contribution in [0.2, 0.25) is 10.0 Å². The van der Waals surface area contributed by atoms with Gasteiger partial charge in [-0.2, -0.15) is 0 Å². The Balaban J connectivity index is 2.10. The van der Waals surface area contributed by atoms with Crippen LogP contribution < -0.4 is 9.62 Å². The van der Waals surface area contributed by atoms with Crippen molar-refractivity contribution in [1.29, 1.82) is 0 Å². The van der Waals surface area contributed by atoms with E-state index in [0.29, 0.717) is 28.6 Å². The molecule has 1 atom stereocenters. The summed E-state index contributed by atoms with van der Waals surface area (Å²) >= 11 is 12.3. The molecule has 0 saturated heterocycles.